The lowest BCUT2D eigenvalue weighted by molar-refractivity contribution is -0.150. The maximum Gasteiger partial charge on any atom is 0.259 e. The number of nitrogens with two attached hydrogens (primary N) is 1. The minimum absolute atomic E-state index is 0.0954. The Hall–Kier alpha value is -4.02. The summed E-state index contributed by atoms with van der Waals surface area (Å²) in [6, 6.07) is 13.6. The second kappa shape index (κ2) is 9.00. The number of amides is 2. The summed E-state index contributed by atoms with van der Waals surface area (Å²) in [6.07, 6.45) is 0.456. The van der Waals surface area contributed by atoms with E-state index in [-0.39, 0.29) is 12.4 Å². The molecule has 2 amide bonds. The lowest BCUT2D eigenvalue weighted by Gasteiger charge is -2.34. The molecule has 0 aliphatic carbocycles. The van der Waals surface area contributed by atoms with Crippen LogP contribution in [0.25, 0.3) is 11.1 Å². The summed E-state index contributed by atoms with van der Waals surface area (Å²) in [7, 11) is 0. The number of hydrogen-bond donors (Lipinski definition) is 5. The molecule has 10 nitrogen and oxygen atoms in total. The van der Waals surface area contributed by atoms with Crippen molar-refractivity contribution in [1.82, 2.24) is 10.2 Å². The van der Waals surface area contributed by atoms with Crippen LogP contribution in [0.5, 0.6) is 0 Å². The average Bonchev–Trinajstić information content (AvgIpc) is 3.34. The first kappa shape index (κ1) is 21.2. The van der Waals surface area contributed by atoms with Gasteiger partial charge in [-0.15, -0.1) is 0 Å². The van der Waals surface area contributed by atoms with Gasteiger partial charge in [0, 0.05) is 35.2 Å². The number of aliphatic hydroxyl groups excluding tert-OH is 1. The highest BCUT2D eigenvalue weighted by molar-refractivity contribution is 6.04. The van der Waals surface area contributed by atoms with E-state index in [0.717, 1.165) is 11.1 Å². The van der Waals surface area contributed by atoms with Crippen molar-refractivity contribution in [2.75, 3.05) is 23.4 Å². The summed E-state index contributed by atoms with van der Waals surface area (Å²) in [6.45, 7) is 0.485. The van der Waals surface area contributed by atoms with Crippen molar-refractivity contribution >= 4 is 29.0 Å². The van der Waals surface area contributed by atoms with Crippen LogP contribution in [0.4, 0.5) is 11.4 Å². The number of carbonyl (C=O) groups excluding carboxylic acids is 2. The number of nitrogens with one attached hydrogen (secondary N) is 3. The molecule has 4 rings (SSSR count). The van der Waals surface area contributed by atoms with E-state index in [1.807, 2.05) is 12.1 Å². The van der Waals surface area contributed by atoms with Crippen LogP contribution < -0.4 is 16.0 Å². The summed E-state index contributed by atoms with van der Waals surface area (Å²) in [5.74, 6) is -1.36. The normalized spacial score (nSPS) is 17.1. The first-order chi connectivity index (χ1) is 15.4. The number of benzene rings is 2. The van der Waals surface area contributed by atoms with Gasteiger partial charge >= 0.3 is 0 Å². The number of amidine groups is 1. The minimum atomic E-state index is -1.69. The quantitative estimate of drug-likeness (QED) is 0.289. The van der Waals surface area contributed by atoms with Crippen molar-refractivity contribution in [1.29, 1.82) is 5.41 Å². The molecule has 1 aliphatic heterocycles. The molecule has 1 unspecified atom stereocenters. The highest BCUT2D eigenvalue weighted by atomic mass is 16.5. The van der Waals surface area contributed by atoms with Gasteiger partial charge in [-0.2, -0.15) is 5.10 Å². The monoisotopic (exact) mass is 434 g/mol. The molecule has 1 aromatic heterocycles. The number of morpholine rings is 1. The van der Waals surface area contributed by atoms with E-state index in [4.69, 9.17) is 15.9 Å². The number of aromatic amines is 1. The Morgan fingerprint density at radius 2 is 1.94 bits per heavy atom. The molecule has 3 aromatic rings. The van der Waals surface area contributed by atoms with Gasteiger partial charge in [0.2, 0.25) is 0 Å². The molecule has 2 heterocycles. The molecular formula is C22H22N6O4. The Kier molecular flexibility index (Phi) is 5.97. The van der Waals surface area contributed by atoms with Gasteiger partial charge in [0.1, 0.15) is 5.84 Å². The highest BCUT2D eigenvalue weighted by Crippen LogP contribution is 2.25. The first-order valence-electron chi connectivity index (χ1n) is 9.89. The summed E-state index contributed by atoms with van der Waals surface area (Å²) >= 11 is 0. The van der Waals surface area contributed by atoms with E-state index >= 15 is 0 Å². The van der Waals surface area contributed by atoms with Crippen LogP contribution in [0.1, 0.15) is 5.56 Å². The first-order valence-corrected chi connectivity index (χ1v) is 9.89. The Morgan fingerprint density at radius 3 is 2.56 bits per heavy atom. The zero-order chi connectivity index (χ0) is 22.7. The van der Waals surface area contributed by atoms with Crippen LogP contribution >= 0.6 is 0 Å². The van der Waals surface area contributed by atoms with Crippen LogP contribution in [0.15, 0.2) is 60.9 Å². The molecule has 2 atom stereocenters. The van der Waals surface area contributed by atoms with E-state index in [0.29, 0.717) is 23.5 Å². The molecule has 32 heavy (non-hydrogen) atoms. The number of nitrogen functional groups attached to an aromatic ring is 1. The van der Waals surface area contributed by atoms with Crippen LogP contribution in [0.3, 0.4) is 0 Å². The molecule has 1 fully saturated rings. The van der Waals surface area contributed by atoms with Gasteiger partial charge in [-0.1, -0.05) is 12.1 Å². The van der Waals surface area contributed by atoms with Crippen LogP contribution in [0.2, 0.25) is 0 Å². The summed E-state index contributed by atoms with van der Waals surface area (Å²) in [4.78, 5) is 27.0. The Bertz CT molecular complexity index is 1110. The van der Waals surface area contributed by atoms with Crippen molar-refractivity contribution < 1.29 is 19.4 Å². The molecule has 0 spiro atoms. The van der Waals surface area contributed by atoms with Crippen LogP contribution in [-0.4, -0.2) is 58.3 Å². The second-order valence-electron chi connectivity index (χ2n) is 7.24. The smallest absolute Gasteiger partial charge is 0.259 e. The minimum Gasteiger partial charge on any atom is -0.384 e. The number of aliphatic hydroxyl groups is 1. The molecular weight excluding hydrogens is 412 g/mol. The van der Waals surface area contributed by atoms with E-state index in [1.54, 1.807) is 48.8 Å². The Balaban J connectivity index is 1.43. The molecule has 0 saturated carbocycles. The van der Waals surface area contributed by atoms with Gasteiger partial charge < -0.3 is 25.8 Å². The molecule has 1 saturated heterocycles. The number of hydrogen-bond acceptors (Lipinski definition) is 6. The maximum atomic E-state index is 13.0. The van der Waals surface area contributed by atoms with Gasteiger partial charge in [0.05, 0.1) is 12.8 Å². The fraction of sp³-hybridized carbons (Fsp3) is 0.182. The third-order valence-electron chi connectivity index (χ3n) is 5.15. The Labute approximate surface area is 183 Å². The number of ether oxygens (including phenoxy) is 1. The largest absolute Gasteiger partial charge is 0.384 e. The van der Waals surface area contributed by atoms with Crippen molar-refractivity contribution in [3.63, 3.8) is 0 Å². The number of carbonyl (C=O) groups is 2. The topological polar surface area (TPSA) is 157 Å². The number of aromatic nitrogens is 2. The lowest BCUT2D eigenvalue weighted by atomic mass is 10.1. The van der Waals surface area contributed by atoms with E-state index in [9.17, 15) is 14.7 Å². The standard InChI is InChI=1S/C22H22N6O4/c23-20(24)14-1-5-16(6-2-14)27-21(30)18(29)19-22(31)28(9-10-32-19)17-7-3-13(4-8-17)15-11-25-26-12-15/h1-8,11-12,18-19,29H,9-10H2,(H3,23,24)(H,25,26)(H,27,30)/t18-,19?/m1/s1. The average molecular weight is 434 g/mol. The second-order valence-corrected chi connectivity index (χ2v) is 7.24. The predicted molar refractivity (Wildman–Crippen MR) is 118 cm³/mol. The molecule has 2 aromatic carbocycles. The van der Waals surface area contributed by atoms with Crippen molar-refractivity contribution in [2.24, 2.45) is 5.73 Å². The van der Waals surface area contributed by atoms with Gasteiger partial charge in [-0.3, -0.25) is 20.1 Å². The maximum absolute atomic E-state index is 13.0. The summed E-state index contributed by atoms with van der Waals surface area (Å²) in [5.41, 5.74) is 8.82. The lowest BCUT2D eigenvalue weighted by Crippen LogP contribution is -2.55. The summed E-state index contributed by atoms with van der Waals surface area (Å²) < 4.78 is 5.44. The third kappa shape index (κ3) is 4.36. The Morgan fingerprint density at radius 1 is 1.22 bits per heavy atom. The van der Waals surface area contributed by atoms with Gasteiger partial charge in [-0.05, 0) is 42.0 Å². The number of H-pyrrole nitrogens is 1. The van der Waals surface area contributed by atoms with E-state index in [2.05, 4.69) is 15.5 Å². The highest BCUT2D eigenvalue weighted by Gasteiger charge is 2.39. The van der Waals surface area contributed by atoms with Crippen molar-refractivity contribution in [2.45, 2.75) is 12.2 Å². The van der Waals surface area contributed by atoms with Crippen molar-refractivity contribution in [3.05, 3.63) is 66.5 Å². The van der Waals surface area contributed by atoms with Gasteiger partial charge in [-0.25, -0.2) is 0 Å². The molecule has 10 heteroatoms. The molecule has 0 bridgehead atoms. The number of anilines is 2. The van der Waals surface area contributed by atoms with Crippen LogP contribution in [-0.2, 0) is 14.3 Å². The zero-order valence-corrected chi connectivity index (χ0v) is 17.0. The molecule has 0 radical (unpaired) electrons. The molecule has 1 aliphatic rings. The summed E-state index contributed by atoms with van der Waals surface area (Å²) in [5, 5.41) is 27.1. The molecule has 164 valence electrons. The van der Waals surface area contributed by atoms with E-state index in [1.165, 1.54) is 4.90 Å². The zero-order valence-electron chi connectivity index (χ0n) is 17.0. The van der Waals surface area contributed by atoms with Crippen molar-refractivity contribution in [3.8, 4) is 11.1 Å². The number of rotatable bonds is 6. The molecule has 6 N–H and O–H groups in total. The number of nitrogens with zero attached hydrogens (tertiary/aromatic N) is 2. The van der Waals surface area contributed by atoms with Gasteiger partial charge in [0.15, 0.2) is 12.2 Å². The van der Waals surface area contributed by atoms with Gasteiger partial charge in [0.25, 0.3) is 11.8 Å². The van der Waals surface area contributed by atoms with Crippen LogP contribution in [0, 0.1) is 5.41 Å². The van der Waals surface area contributed by atoms with E-state index < -0.39 is 24.0 Å². The third-order valence-corrected chi connectivity index (χ3v) is 5.15. The SMILES string of the molecule is N=C(N)c1ccc(NC(=O)[C@H](O)C2OCCN(c3ccc(-c4cn[nH]c4)cc3)C2=O)cc1. The predicted octanol–water partition coefficient (Wildman–Crippen LogP) is 1.09. The fourth-order valence-electron chi connectivity index (χ4n) is 3.42. The fourth-order valence-corrected chi connectivity index (χ4v) is 3.42.